The minimum absolute atomic E-state index is 0. The van der Waals surface area contributed by atoms with Crippen molar-refractivity contribution in [3.8, 4) is 0 Å². The third-order valence-electron chi connectivity index (χ3n) is 3.40. The fraction of sp³-hybridized carbons (Fsp3) is 0.818. The van der Waals surface area contributed by atoms with Gasteiger partial charge in [-0.1, -0.05) is 6.58 Å². The van der Waals surface area contributed by atoms with Gasteiger partial charge in [-0.3, -0.25) is 4.57 Å². The molecular formula is C11H25ClNO3P. The van der Waals surface area contributed by atoms with Gasteiger partial charge in [0.25, 0.3) is 0 Å². The molecule has 6 heteroatoms. The first kappa shape index (κ1) is 19.5. The molecule has 0 saturated carbocycles. The second kappa shape index (κ2) is 8.28. The second-order valence-electron chi connectivity index (χ2n) is 3.88. The quantitative estimate of drug-likeness (QED) is 0.460. The van der Waals surface area contributed by atoms with Crippen LogP contribution in [0.5, 0.6) is 0 Å². The molecule has 0 aliphatic heterocycles. The Morgan fingerprint density at radius 1 is 1.12 bits per heavy atom. The van der Waals surface area contributed by atoms with Gasteiger partial charge in [0.2, 0.25) is 0 Å². The number of likely N-dealkylation sites (N-methyl/N-ethyl adjacent to an activating group) is 1. The molecule has 0 aromatic heterocycles. The number of hydrogen-bond acceptors (Lipinski definition) is 3. The summed E-state index contributed by atoms with van der Waals surface area (Å²) in [5.74, 6) is 0. The van der Waals surface area contributed by atoms with Crippen molar-refractivity contribution in [2.24, 2.45) is 0 Å². The molecule has 0 spiro atoms. The normalized spacial score (nSPS) is 12.1. The van der Waals surface area contributed by atoms with Crippen molar-refractivity contribution in [2.75, 3.05) is 40.4 Å². The van der Waals surface area contributed by atoms with E-state index >= 15 is 0 Å². The Hall–Kier alpha value is 0.140. The van der Waals surface area contributed by atoms with Crippen molar-refractivity contribution in [1.82, 2.24) is 0 Å². The monoisotopic (exact) mass is 285 g/mol. The lowest BCUT2D eigenvalue weighted by atomic mass is 10.3. The summed E-state index contributed by atoms with van der Waals surface area (Å²) in [5, 5.41) is 0.558. The van der Waals surface area contributed by atoms with Crippen LogP contribution in [0.2, 0.25) is 0 Å². The first-order valence-corrected chi connectivity index (χ1v) is 7.22. The molecule has 0 rings (SSSR count). The van der Waals surface area contributed by atoms with E-state index in [0.29, 0.717) is 11.9 Å². The van der Waals surface area contributed by atoms with Gasteiger partial charge >= 0.3 is 7.60 Å². The Kier molecular flexibility index (Phi) is 9.49. The summed E-state index contributed by atoms with van der Waals surface area (Å²) in [4.78, 5) is 0. The van der Waals surface area contributed by atoms with Crippen LogP contribution >= 0.6 is 7.60 Å². The fourth-order valence-electron chi connectivity index (χ4n) is 1.81. The largest absolute Gasteiger partial charge is 1.00 e. The zero-order chi connectivity index (χ0) is 12.8. The van der Waals surface area contributed by atoms with Crippen LogP contribution < -0.4 is 12.4 Å². The molecule has 4 nitrogen and oxygen atoms in total. The van der Waals surface area contributed by atoms with Gasteiger partial charge < -0.3 is 25.9 Å². The Morgan fingerprint density at radius 3 is 1.71 bits per heavy atom. The number of nitrogens with zero attached hydrogens (tertiary/aromatic N) is 1. The maximum absolute atomic E-state index is 12.1. The molecule has 0 fully saturated rings. The van der Waals surface area contributed by atoms with Gasteiger partial charge in [0.15, 0.2) is 0 Å². The topological polar surface area (TPSA) is 35.5 Å². The summed E-state index contributed by atoms with van der Waals surface area (Å²) < 4.78 is 22.9. The van der Waals surface area contributed by atoms with Gasteiger partial charge in [0.05, 0.1) is 24.9 Å². The summed E-state index contributed by atoms with van der Waals surface area (Å²) in [5.41, 5.74) is 0. The van der Waals surface area contributed by atoms with Gasteiger partial charge in [-0.05, 0) is 20.8 Å². The van der Waals surface area contributed by atoms with E-state index in [-0.39, 0.29) is 12.4 Å². The van der Waals surface area contributed by atoms with Gasteiger partial charge in [-0.2, -0.15) is 0 Å². The zero-order valence-corrected chi connectivity index (χ0v) is 13.2. The molecular weight excluding hydrogens is 261 g/mol. The van der Waals surface area contributed by atoms with E-state index in [0.717, 1.165) is 24.1 Å². The molecule has 0 aliphatic rings. The standard InChI is InChI=1S/C11H25NO3P.ClH/c1-7-12(8-2,9-3)10-11(4)16(13,14-5)15-6;/h4,7-10H2,1-3,5-6H3;1H/q+1;/p-1. The summed E-state index contributed by atoms with van der Waals surface area (Å²) in [7, 11) is -0.325. The first-order chi connectivity index (χ1) is 7.43. The minimum atomic E-state index is -3.12. The molecule has 0 amide bonds. The molecule has 0 aromatic rings. The maximum Gasteiger partial charge on any atom is 0.361 e. The predicted molar refractivity (Wildman–Crippen MR) is 67.5 cm³/mol. The SMILES string of the molecule is C=C(C[N+](CC)(CC)CC)P(=O)(OC)OC.[Cl-]. The van der Waals surface area contributed by atoms with Crippen molar-refractivity contribution < 1.29 is 30.5 Å². The Morgan fingerprint density at radius 2 is 1.47 bits per heavy atom. The van der Waals surface area contributed by atoms with Gasteiger partial charge in [0.1, 0.15) is 6.54 Å². The number of rotatable bonds is 8. The van der Waals surface area contributed by atoms with Gasteiger partial charge in [-0.25, -0.2) is 0 Å². The molecule has 0 aromatic carbocycles. The average molecular weight is 286 g/mol. The van der Waals surface area contributed by atoms with Crippen molar-refractivity contribution in [3.05, 3.63) is 11.9 Å². The van der Waals surface area contributed by atoms with E-state index in [1.54, 1.807) is 0 Å². The first-order valence-electron chi connectivity index (χ1n) is 5.68. The van der Waals surface area contributed by atoms with Crippen LogP contribution in [-0.4, -0.2) is 44.9 Å². The average Bonchev–Trinajstić information content (AvgIpc) is 2.34. The van der Waals surface area contributed by atoms with Gasteiger partial charge in [-0.15, -0.1) is 0 Å². The van der Waals surface area contributed by atoms with Crippen LogP contribution in [0.3, 0.4) is 0 Å². The molecule has 0 radical (unpaired) electrons. The van der Waals surface area contributed by atoms with E-state index in [9.17, 15) is 4.57 Å². The van der Waals surface area contributed by atoms with Crippen LogP contribution in [0, 0.1) is 0 Å². The van der Waals surface area contributed by atoms with E-state index < -0.39 is 7.60 Å². The molecule has 0 atom stereocenters. The van der Waals surface area contributed by atoms with Crippen LogP contribution in [0.15, 0.2) is 11.9 Å². The lowest BCUT2D eigenvalue weighted by Crippen LogP contribution is -3.00. The summed E-state index contributed by atoms with van der Waals surface area (Å²) in [6.07, 6.45) is 0. The summed E-state index contributed by atoms with van der Waals surface area (Å²) >= 11 is 0. The maximum atomic E-state index is 12.1. The molecule has 0 heterocycles. The molecule has 0 saturated heterocycles. The predicted octanol–water partition coefficient (Wildman–Crippen LogP) is -0.133. The van der Waals surface area contributed by atoms with Crippen molar-refractivity contribution >= 4 is 7.60 Å². The van der Waals surface area contributed by atoms with E-state index in [4.69, 9.17) is 9.05 Å². The highest BCUT2D eigenvalue weighted by molar-refractivity contribution is 7.58. The highest BCUT2D eigenvalue weighted by Gasteiger charge is 2.33. The molecule has 0 aliphatic carbocycles. The van der Waals surface area contributed by atoms with Crippen LogP contribution in [0.1, 0.15) is 20.8 Å². The molecule has 104 valence electrons. The van der Waals surface area contributed by atoms with Crippen LogP contribution in [0.25, 0.3) is 0 Å². The Labute approximate surface area is 112 Å². The summed E-state index contributed by atoms with van der Waals surface area (Å²) in [6, 6.07) is 0. The Bertz CT molecular complexity index is 264. The Balaban J connectivity index is 0. The van der Waals surface area contributed by atoms with Crippen molar-refractivity contribution in [2.45, 2.75) is 20.8 Å². The van der Waals surface area contributed by atoms with Crippen molar-refractivity contribution in [1.29, 1.82) is 0 Å². The zero-order valence-electron chi connectivity index (χ0n) is 11.5. The third-order valence-corrected chi connectivity index (χ3v) is 5.28. The molecule has 0 bridgehead atoms. The number of quaternary nitrogens is 1. The van der Waals surface area contributed by atoms with Crippen LogP contribution in [-0.2, 0) is 13.6 Å². The number of halogens is 1. The number of hydrogen-bond donors (Lipinski definition) is 0. The summed E-state index contributed by atoms with van der Waals surface area (Å²) in [6.45, 7) is 13.9. The molecule has 0 unspecified atom stereocenters. The highest BCUT2D eigenvalue weighted by atomic mass is 35.5. The molecule has 17 heavy (non-hydrogen) atoms. The van der Waals surface area contributed by atoms with E-state index in [2.05, 4.69) is 27.4 Å². The third kappa shape index (κ3) is 4.72. The lowest BCUT2D eigenvalue weighted by Gasteiger charge is -2.37. The van der Waals surface area contributed by atoms with Gasteiger partial charge in [0, 0.05) is 14.2 Å². The van der Waals surface area contributed by atoms with E-state index in [1.807, 2.05) is 0 Å². The van der Waals surface area contributed by atoms with Crippen molar-refractivity contribution in [3.63, 3.8) is 0 Å². The molecule has 0 N–H and O–H groups in total. The second-order valence-corrected chi connectivity index (χ2v) is 6.23. The highest BCUT2D eigenvalue weighted by Crippen LogP contribution is 2.54. The fourth-order valence-corrected chi connectivity index (χ4v) is 2.95. The minimum Gasteiger partial charge on any atom is -1.00 e. The van der Waals surface area contributed by atoms with Crippen LogP contribution in [0.4, 0.5) is 0 Å². The van der Waals surface area contributed by atoms with E-state index in [1.165, 1.54) is 14.2 Å². The smallest absolute Gasteiger partial charge is 0.361 e. The lowest BCUT2D eigenvalue weighted by molar-refractivity contribution is -0.918.